The van der Waals surface area contributed by atoms with E-state index in [9.17, 15) is 9.90 Å². The summed E-state index contributed by atoms with van der Waals surface area (Å²) in [6.07, 6.45) is 14.9. The fraction of sp³-hybridized carbons (Fsp3) is 0.897. The molecular weight excluding hydrogens is 503 g/mol. The van der Waals surface area contributed by atoms with E-state index in [2.05, 4.69) is 26.8 Å². The van der Waals surface area contributed by atoms with E-state index in [1.165, 1.54) is 32.1 Å². The Labute approximate surface area is 227 Å². The average Bonchev–Trinajstić information content (AvgIpc) is 3.10. The lowest BCUT2D eigenvalue weighted by molar-refractivity contribution is -0.156. The Hall–Kier alpha value is 0.0400. The molecule has 4 aliphatic carbocycles. The van der Waals surface area contributed by atoms with Crippen LogP contribution in [0.1, 0.15) is 105 Å². The zero-order valence-electron chi connectivity index (χ0n) is 22.2. The smallest absolute Gasteiger partial charge is 0.359 e. The van der Waals surface area contributed by atoms with Gasteiger partial charge < -0.3 is 9.84 Å². The standard InChI is InChI=1S/C29H45Cl3O3/c1-18(7-6-14-26(2,3)35-25(34)29(30,31)32)22-10-11-23-21-9-8-19-17-20(33)12-15-27(19,4)24(21)13-16-28(22,23)5/h8,18,20-24,33H,6-7,9-17H2,1-5H3/t18-,20+,21+,22-,23+,24+,27+,28-/m1/s1. The number of hydrogen-bond donors (Lipinski definition) is 1. The number of carbonyl (C=O) groups excluding carboxylic acids is 1. The van der Waals surface area contributed by atoms with Crippen LogP contribution in [0.25, 0.3) is 0 Å². The lowest BCUT2D eigenvalue weighted by atomic mass is 9.47. The third-order valence-electron chi connectivity index (χ3n) is 10.9. The molecule has 35 heavy (non-hydrogen) atoms. The van der Waals surface area contributed by atoms with Crippen LogP contribution in [0.15, 0.2) is 11.6 Å². The first-order valence-corrected chi connectivity index (χ1v) is 15.0. The van der Waals surface area contributed by atoms with Crippen molar-refractivity contribution in [1.29, 1.82) is 0 Å². The molecule has 4 rings (SSSR count). The molecule has 0 bridgehead atoms. The number of alkyl halides is 3. The minimum absolute atomic E-state index is 0.132. The van der Waals surface area contributed by atoms with Gasteiger partial charge in [0.2, 0.25) is 0 Å². The molecule has 0 aliphatic heterocycles. The van der Waals surface area contributed by atoms with E-state index >= 15 is 0 Å². The average molecular weight is 548 g/mol. The Kier molecular flexibility index (Phi) is 8.00. The summed E-state index contributed by atoms with van der Waals surface area (Å²) in [7, 11) is 0. The van der Waals surface area contributed by atoms with E-state index in [1.54, 1.807) is 5.57 Å². The maximum Gasteiger partial charge on any atom is 0.359 e. The second-order valence-electron chi connectivity index (χ2n) is 13.4. The van der Waals surface area contributed by atoms with Crippen LogP contribution in [0.5, 0.6) is 0 Å². The molecule has 0 aromatic carbocycles. The van der Waals surface area contributed by atoms with Crippen molar-refractivity contribution in [1.82, 2.24) is 0 Å². The topological polar surface area (TPSA) is 46.5 Å². The SMILES string of the molecule is C[C@H](CCCC(C)(C)OC(=O)C(Cl)(Cl)Cl)[C@H]1CC[C@H]2[C@@H]3CC=C4C[C@@H](O)CC[C@]4(C)[C@H]3CC[C@]12C. The molecule has 0 aromatic heterocycles. The van der Waals surface area contributed by atoms with Crippen LogP contribution in [0.3, 0.4) is 0 Å². The fourth-order valence-electron chi connectivity index (χ4n) is 9.03. The van der Waals surface area contributed by atoms with Crippen LogP contribution < -0.4 is 0 Å². The summed E-state index contributed by atoms with van der Waals surface area (Å²) in [6.45, 7) is 11.3. The summed E-state index contributed by atoms with van der Waals surface area (Å²) in [4.78, 5) is 12.0. The van der Waals surface area contributed by atoms with E-state index < -0.39 is 15.4 Å². The minimum atomic E-state index is -2.03. The maximum atomic E-state index is 12.0. The molecule has 4 aliphatic rings. The summed E-state index contributed by atoms with van der Waals surface area (Å²) < 4.78 is 3.45. The molecular formula is C29H45Cl3O3. The summed E-state index contributed by atoms with van der Waals surface area (Å²) >= 11 is 17.1. The van der Waals surface area contributed by atoms with Crippen LogP contribution in [0, 0.1) is 40.4 Å². The number of halogens is 3. The van der Waals surface area contributed by atoms with Gasteiger partial charge in [0.15, 0.2) is 0 Å². The van der Waals surface area contributed by atoms with Crippen molar-refractivity contribution < 1.29 is 14.6 Å². The van der Waals surface area contributed by atoms with E-state index in [-0.39, 0.29) is 6.10 Å². The molecule has 1 N–H and O–H groups in total. The van der Waals surface area contributed by atoms with Gasteiger partial charge in [0.1, 0.15) is 5.60 Å². The van der Waals surface area contributed by atoms with Gasteiger partial charge in [0.25, 0.3) is 3.79 Å². The van der Waals surface area contributed by atoms with E-state index in [0.717, 1.165) is 62.2 Å². The van der Waals surface area contributed by atoms with Crippen molar-refractivity contribution in [2.45, 2.75) is 121 Å². The molecule has 0 radical (unpaired) electrons. The zero-order valence-corrected chi connectivity index (χ0v) is 24.5. The van der Waals surface area contributed by atoms with Gasteiger partial charge in [0, 0.05) is 0 Å². The third-order valence-corrected chi connectivity index (χ3v) is 11.3. The van der Waals surface area contributed by atoms with Gasteiger partial charge in [-0.1, -0.05) is 73.6 Å². The summed E-state index contributed by atoms with van der Waals surface area (Å²) in [5.41, 5.74) is 1.65. The van der Waals surface area contributed by atoms with Crippen LogP contribution >= 0.6 is 34.8 Å². The third kappa shape index (κ3) is 5.45. The molecule has 3 fully saturated rings. The number of allylic oxidation sites excluding steroid dienone is 1. The Morgan fingerprint density at radius 3 is 2.54 bits per heavy atom. The number of aliphatic hydroxyl groups excluding tert-OH is 1. The molecule has 0 unspecified atom stereocenters. The highest BCUT2D eigenvalue weighted by molar-refractivity contribution is 6.75. The molecule has 200 valence electrons. The monoisotopic (exact) mass is 546 g/mol. The van der Waals surface area contributed by atoms with Crippen molar-refractivity contribution in [3.05, 3.63) is 11.6 Å². The Morgan fingerprint density at radius 1 is 1.14 bits per heavy atom. The first-order chi connectivity index (χ1) is 16.2. The first-order valence-electron chi connectivity index (χ1n) is 13.8. The van der Waals surface area contributed by atoms with Crippen LogP contribution in [-0.2, 0) is 9.53 Å². The lowest BCUT2D eigenvalue weighted by Gasteiger charge is -2.58. The highest BCUT2D eigenvalue weighted by atomic mass is 35.6. The number of aliphatic hydroxyl groups is 1. The van der Waals surface area contributed by atoms with Gasteiger partial charge in [-0.25, -0.2) is 4.79 Å². The Bertz CT molecular complexity index is 834. The number of hydrogen-bond acceptors (Lipinski definition) is 3. The van der Waals surface area contributed by atoms with Gasteiger partial charge in [-0.05, 0) is 118 Å². The number of carbonyl (C=O) groups is 1. The Morgan fingerprint density at radius 2 is 1.86 bits per heavy atom. The van der Waals surface area contributed by atoms with E-state index in [4.69, 9.17) is 39.5 Å². The normalized spacial score (nSPS) is 40.3. The molecule has 0 aromatic rings. The molecule has 0 spiro atoms. The molecule has 6 heteroatoms. The van der Waals surface area contributed by atoms with Crippen molar-refractivity contribution in [2.24, 2.45) is 40.4 Å². The van der Waals surface area contributed by atoms with E-state index in [0.29, 0.717) is 16.7 Å². The molecule has 3 nitrogen and oxygen atoms in total. The Balaban J connectivity index is 1.37. The second-order valence-corrected chi connectivity index (χ2v) is 15.7. The van der Waals surface area contributed by atoms with Crippen LogP contribution in [0.2, 0.25) is 0 Å². The quantitative estimate of drug-likeness (QED) is 0.206. The minimum Gasteiger partial charge on any atom is -0.457 e. The summed E-state index contributed by atoms with van der Waals surface area (Å²) in [5.74, 6) is 3.01. The molecule has 0 amide bonds. The molecule has 8 atom stereocenters. The van der Waals surface area contributed by atoms with Gasteiger partial charge in [-0.3, -0.25) is 0 Å². The predicted octanol–water partition coefficient (Wildman–Crippen LogP) is 8.42. The predicted molar refractivity (Wildman–Crippen MR) is 145 cm³/mol. The summed E-state index contributed by atoms with van der Waals surface area (Å²) in [6, 6.07) is 0. The van der Waals surface area contributed by atoms with Crippen molar-refractivity contribution in [3.8, 4) is 0 Å². The summed E-state index contributed by atoms with van der Waals surface area (Å²) in [5, 5.41) is 10.3. The number of esters is 1. The largest absolute Gasteiger partial charge is 0.457 e. The highest BCUT2D eigenvalue weighted by Gasteiger charge is 2.59. The van der Waals surface area contributed by atoms with Crippen molar-refractivity contribution >= 4 is 40.8 Å². The van der Waals surface area contributed by atoms with Crippen LogP contribution in [-0.4, -0.2) is 26.6 Å². The number of ether oxygens (including phenoxy) is 1. The number of rotatable bonds is 6. The zero-order chi connectivity index (χ0) is 25.8. The van der Waals surface area contributed by atoms with Crippen LogP contribution in [0.4, 0.5) is 0 Å². The van der Waals surface area contributed by atoms with Gasteiger partial charge >= 0.3 is 5.97 Å². The second kappa shape index (κ2) is 9.97. The van der Waals surface area contributed by atoms with Crippen molar-refractivity contribution in [2.75, 3.05) is 0 Å². The highest BCUT2D eigenvalue weighted by Crippen LogP contribution is 2.67. The van der Waals surface area contributed by atoms with Gasteiger partial charge in [-0.2, -0.15) is 0 Å². The fourth-order valence-corrected chi connectivity index (χ4v) is 9.14. The molecule has 3 saturated carbocycles. The first kappa shape index (κ1) is 28.1. The lowest BCUT2D eigenvalue weighted by Crippen LogP contribution is -2.50. The van der Waals surface area contributed by atoms with Gasteiger partial charge in [0.05, 0.1) is 6.10 Å². The molecule has 0 saturated heterocycles. The maximum absolute atomic E-state index is 12.0. The van der Waals surface area contributed by atoms with Crippen molar-refractivity contribution in [3.63, 3.8) is 0 Å². The number of fused-ring (bicyclic) bond motifs is 5. The van der Waals surface area contributed by atoms with Gasteiger partial charge in [-0.15, -0.1) is 0 Å². The van der Waals surface area contributed by atoms with E-state index in [1.807, 2.05) is 13.8 Å². The molecule has 0 heterocycles.